The number of ether oxygens (including phenoxy) is 1. The third-order valence-corrected chi connectivity index (χ3v) is 4.39. The van der Waals surface area contributed by atoms with Crippen LogP contribution >= 0.6 is 11.3 Å². The molecule has 4 nitrogen and oxygen atoms in total. The van der Waals surface area contributed by atoms with Crippen molar-refractivity contribution in [3.05, 3.63) is 46.9 Å². The van der Waals surface area contributed by atoms with Crippen LogP contribution in [0.1, 0.15) is 0 Å². The molecule has 0 radical (unpaired) electrons. The predicted molar refractivity (Wildman–Crippen MR) is 77.5 cm³/mol. The first kappa shape index (κ1) is 10.6. The molecule has 0 unspecified atom stereocenters. The van der Waals surface area contributed by atoms with E-state index in [9.17, 15) is 4.79 Å². The molecule has 0 saturated carbocycles. The number of H-pyrrole nitrogens is 1. The van der Waals surface area contributed by atoms with Gasteiger partial charge in [0.15, 0.2) is 0 Å². The molecule has 0 bridgehead atoms. The van der Waals surface area contributed by atoms with Crippen LogP contribution in [-0.2, 0) is 0 Å². The van der Waals surface area contributed by atoms with Gasteiger partial charge in [0, 0.05) is 16.2 Å². The van der Waals surface area contributed by atoms with Gasteiger partial charge in [-0.3, -0.25) is 9.20 Å². The monoisotopic (exact) mass is 270 g/mol. The van der Waals surface area contributed by atoms with Gasteiger partial charge in [-0.25, -0.2) is 0 Å². The van der Waals surface area contributed by atoms with Gasteiger partial charge in [-0.15, -0.1) is 11.3 Å². The summed E-state index contributed by atoms with van der Waals surface area (Å²) in [6, 6.07) is 9.77. The molecule has 5 heteroatoms. The van der Waals surface area contributed by atoms with Crippen molar-refractivity contribution in [1.82, 2.24) is 9.38 Å². The van der Waals surface area contributed by atoms with Crippen LogP contribution in [0.4, 0.5) is 0 Å². The number of nitrogens with one attached hydrogen (secondary N) is 1. The zero-order valence-electron chi connectivity index (χ0n) is 10.1. The van der Waals surface area contributed by atoms with Crippen LogP contribution in [0.2, 0.25) is 0 Å². The van der Waals surface area contributed by atoms with Crippen molar-refractivity contribution in [2.75, 3.05) is 7.11 Å². The number of thiophene rings is 1. The van der Waals surface area contributed by atoms with Gasteiger partial charge in [-0.05, 0) is 6.07 Å². The number of benzene rings is 1. The van der Waals surface area contributed by atoms with Crippen molar-refractivity contribution in [1.29, 1.82) is 0 Å². The summed E-state index contributed by atoms with van der Waals surface area (Å²) in [4.78, 5) is 16.8. The first-order valence-electron chi connectivity index (χ1n) is 5.87. The third kappa shape index (κ3) is 1.36. The van der Waals surface area contributed by atoms with Crippen LogP contribution in [0.5, 0.6) is 5.75 Å². The molecule has 0 aliphatic heterocycles. The summed E-state index contributed by atoms with van der Waals surface area (Å²) < 4.78 is 7.88. The Morgan fingerprint density at radius 1 is 1.32 bits per heavy atom. The zero-order chi connectivity index (χ0) is 13.0. The second-order valence-electron chi connectivity index (χ2n) is 4.37. The van der Waals surface area contributed by atoms with Crippen LogP contribution in [0.25, 0.3) is 25.9 Å². The van der Waals surface area contributed by atoms with E-state index in [4.69, 9.17) is 4.74 Å². The van der Waals surface area contributed by atoms with Gasteiger partial charge in [-0.2, -0.15) is 0 Å². The molecule has 0 atom stereocenters. The van der Waals surface area contributed by atoms with E-state index < -0.39 is 0 Å². The number of fused-ring (bicyclic) bond motifs is 4. The molecular weight excluding hydrogens is 260 g/mol. The predicted octanol–water partition coefficient (Wildman–Crippen LogP) is 3.00. The minimum atomic E-state index is -0.00972. The Morgan fingerprint density at radius 2 is 2.16 bits per heavy atom. The van der Waals surface area contributed by atoms with Crippen LogP contribution in [-0.4, -0.2) is 16.5 Å². The first-order chi connectivity index (χ1) is 9.28. The zero-order valence-corrected chi connectivity index (χ0v) is 11.0. The number of aromatic amines is 1. The summed E-state index contributed by atoms with van der Waals surface area (Å²) in [5, 5.41) is 1.74. The summed E-state index contributed by atoms with van der Waals surface area (Å²) in [6.45, 7) is 0. The number of aromatic nitrogens is 2. The second-order valence-corrected chi connectivity index (χ2v) is 5.42. The fraction of sp³-hybridized carbons (Fsp3) is 0.0714. The Kier molecular flexibility index (Phi) is 2.02. The topological polar surface area (TPSA) is 46.5 Å². The Balaban J connectivity index is 2.27. The smallest absolute Gasteiger partial charge is 0.267 e. The number of hydrogen-bond donors (Lipinski definition) is 1. The van der Waals surface area contributed by atoms with Crippen molar-refractivity contribution in [2.45, 2.75) is 0 Å². The lowest BCUT2D eigenvalue weighted by atomic mass is 10.2. The minimum Gasteiger partial charge on any atom is -0.495 e. The van der Waals surface area contributed by atoms with E-state index in [2.05, 4.69) is 4.98 Å². The summed E-state index contributed by atoms with van der Waals surface area (Å²) in [6.07, 6.45) is 1.71. The maximum absolute atomic E-state index is 12.6. The van der Waals surface area contributed by atoms with Crippen molar-refractivity contribution < 1.29 is 4.74 Å². The Bertz CT molecular complexity index is 978. The minimum absolute atomic E-state index is 0.00972. The van der Waals surface area contributed by atoms with Crippen LogP contribution in [0, 0.1) is 0 Å². The van der Waals surface area contributed by atoms with E-state index in [0.717, 1.165) is 25.9 Å². The number of hydrogen-bond acceptors (Lipinski definition) is 3. The molecule has 3 heterocycles. The number of rotatable bonds is 1. The lowest BCUT2D eigenvalue weighted by Gasteiger charge is -1.95. The summed E-state index contributed by atoms with van der Waals surface area (Å²) in [5.74, 6) is 0.676. The van der Waals surface area contributed by atoms with Gasteiger partial charge in [0.05, 0.1) is 18.7 Å². The molecule has 19 heavy (non-hydrogen) atoms. The molecular formula is C14H10N2O2S. The quantitative estimate of drug-likeness (QED) is 0.578. The fourth-order valence-electron chi connectivity index (χ4n) is 2.40. The van der Waals surface area contributed by atoms with E-state index in [1.807, 2.05) is 30.3 Å². The van der Waals surface area contributed by atoms with Crippen LogP contribution in [0.3, 0.4) is 0 Å². The SMILES string of the molecule is COc1cc2[nH]c3sc4ccccc4c3c(=O)n2c1. The third-order valence-electron chi connectivity index (χ3n) is 3.30. The van der Waals surface area contributed by atoms with Crippen LogP contribution < -0.4 is 10.3 Å². The highest BCUT2D eigenvalue weighted by Crippen LogP contribution is 2.30. The van der Waals surface area contributed by atoms with Gasteiger partial charge in [0.2, 0.25) is 0 Å². The standard InChI is InChI=1S/C14H10N2O2S/c1-18-8-6-11-15-13-12(14(17)16(11)7-8)9-4-2-3-5-10(9)19-13/h2-7,15H,1H3. The fourth-order valence-corrected chi connectivity index (χ4v) is 3.50. The molecule has 0 aliphatic rings. The van der Waals surface area contributed by atoms with Crippen LogP contribution in [0.15, 0.2) is 41.3 Å². The van der Waals surface area contributed by atoms with Crippen molar-refractivity contribution >= 4 is 37.3 Å². The normalized spacial score (nSPS) is 11.6. The number of nitrogens with zero attached hydrogens (tertiary/aromatic N) is 1. The van der Waals surface area contributed by atoms with Crippen molar-refractivity contribution in [3.8, 4) is 5.75 Å². The molecule has 1 aromatic carbocycles. The molecule has 0 saturated heterocycles. The van der Waals surface area contributed by atoms with E-state index in [1.165, 1.54) is 0 Å². The lowest BCUT2D eigenvalue weighted by Crippen LogP contribution is -2.11. The molecule has 94 valence electrons. The Morgan fingerprint density at radius 3 is 3.00 bits per heavy atom. The lowest BCUT2D eigenvalue weighted by molar-refractivity contribution is 0.415. The highest BCUT2D eigenvalue weighted by molar-refractivity contribution is 7.25. The Labute approximate surface area is 111 Å². The van der Waals surface area contributed by atoms with Gasteiger partial charge in [0.1, 0.15) is 16.2 Å². The average molecular weight is 270 g/mol. The van der Waals surface area contributed by atoms with Gasteiger partial charge < -0.3 is 9.72 Å². The molecule has 0 amide bonds. The molecule has 4 aromatic rings. The van der Waals surface area contributed by atoms with E-state index in [0.29, 0.717) is 5.75 Å². The number of methoxy groups -OCH3 is 1. The summed E-state index contributed by atoms with van der Waals surface area (Å²) in [7, 11) is 1.59. The van der Waals surface area contributed by atoms with E-state index >= 15 is 0 Å². The summed E-state index contributed by atoms with van der Waals surface area (Å²) >= 11 is 1.60. The summed E-state index contributed by atoms with van der Waals surface area (Å²) in [5.41, 5.74) is 0.741. The molecule has 0 spiro atoms. The first-order valence-corrected chi connectivity index (χ1v) is 6.69. The van der Waals surface area contributed by atoms with Crippen molar-refractivity contribution in [2.24, 2.45) is 0 Å². The Hall–Kier alpha value is -2.27. The molecule has 0 aliphatic carbocycles. The van der Waals surface area contributed by atoms with Gasteiger partial charge in [0.25, 0.3) is 5.56 Å². The highest BCUT2D eigenvalue weighted by atomic mass is 32.1. The van der Waals surface area contributed by atoms with E-state index in [1.54, 1.807) is 29.0 Å². The maximum Gasteiger partial charge on any atom is 0.267 e. The maximum atomic E-state index is 12.6. The second kappa shape index (κ2) is 3.61. The molecule has 0 fully saturated rings. The average Bonchev–Trinajstić information content (AvgIpc) is 2.99. The largest absolute Gasteiger partial charge is 0.495 e. The van der Waals surface area contributed by atoms with Gasteiger partial charge in [-0.1, -0.05) is 18.2 Å². The van der Waals surface area contributed by atoms with E-state index in [-0.39, 0.29) is 5.56 Å². The molecule has 3 aromatic heterocycles. The highest BCUT2D eigenvalue weighted by Gasteiger charge is 2.12. The van der Waals surface area contributed by atoms with Gasteiger partial charge >= 0.3 is 0 Å². The van der Waals surface area contributed by atoms with Crippen molar-refractivity contribution in [3.63, 3.8) is 0 Å². The molecule has 4 rings (SSSR count). The molecule has 1 N–H and O–H groups in total.